The molecule has 234 valence electrons. The van der Waals surface area contributed by atoms with Crippen LogP contribution in [0, 0.1) is 5.21 Å². The Morgan fingerprint density at radius 2 is 1.72 bits per heavy atom. The van der Waals surface area contributed by atoms with E-state index in [1.807, 2.05) is 0 Å². The first-order chi connectivity index (χ1) is 19.8. The lowest BCUT2D eigenvalue weighted by Crippen LogP contribution is -2.41. The van der Waals surface area contributed by atoms with E-state index in [2.05, 4.69) is 10.3 Å². The van der Waals surface area contributed by atoms with Gasteiger partial charge in [0, 0.05) is 18.6 Å². The molecule has 0 unspecified atom stereocenters. The Morgan fingerprint density at radius 3 is 2.26 bits per heavy atom. The number of hydrogen-bond donors (Lipinski definition) is 3. The number of carbonyl (C=O) groups excluding carboxylic acids is 1. The molecule has 0 fully saturated rings. The van der Waals surface area contributed by atoms with E-state index in [1.165, 1.54) is 37.3 Å². The van der Waals surface area contributed by atoms with Crippen LogP contribution in [0.4, 0.5) is 27.8 Å². The molecular weight excluding hydrogens is 633 g/mol. The number of benzene rings is 1. The van der Waals surface area contributed by atoms with Crippen LogP contribution in [-0.4, -0.2) is 53.4 Å². The number of carboxylic acids is 1. The van der Waals surface area contributed by atoms with Crippen molar-refractivity contribution >= 4 is 39.1 Å². The molecule has 0 atom stereocenters. The first-order valence-corrected chi connectivity index (χ1v) is 13.8. The molecule has 0 aliphatic rings. The van der Waals surface area contributed by atoms with E-state index in [0.717, 1.165) is 16.8 Å². The van der Waals surface area contributed by atoms with Gasteiger partial charge in [0.05, 0.1) is 22.9 Å². The number of nitrogens with two attached hydrogens (primary N) is 1. The summed E-state index contributed by atoms with van der Waals surface area (Å²) in [7, 11) is -3.63. The highest BCUT2D eigenvalue weighted by molar-refractivity contribution is 7.91. The second-order valence-corrected chi connectivity index (χ2v) is 11.1. The number of aromatic nitrogens is 3. The molecule has 2 heterocycles. The van der Waals surface area contributed by atoms with Gasteiger partial charge in [-0.3, -0.25) is 14.2 Å². The van der Waals surface area contributed by atoms with Crippen LogP contribution in [-0.2, 0) is 38.3 Å². The summed E-state index contributed by atoms with van der Waals surface area (Å²) in [6, 6.07) is 9.54. The van der Waals surface area contributed by atoms with E-state index < -0.39 is 64.0 Å². The summed E-state index contributed by atoms with van der Waals surface area (Å²) in [6.07, 6.45) is -4.37. The predicted octanol–water partition coefficient (Wildman–Crippen LogP) is 2.24. The second-order valence-electron chi connectivity index (χ2n) is 8.52. The van der Waals surface area contributed by atoms with Crippen LogP contribution < -0.4 is 21.3 Å². The number of rotatable bonds is 10. The Hall–Kier alpha value is -4.32. The molecule has 2 aromatic heterocycles. The second kappa shape index (κ2) is 13.8. The molecule has 0 radical (unpaired) electrons. The van der Waals surface area contributed by atoms with Gasteiger partial charge in [0.15, 0.2) is 21.9 Å². The van der Waals surface area contributed by atoms with E-state index in [4.69, 9.17) is 27.2 Å². The number of nitrogens with one attached hydrogen (secondary N) is 1. The molecule has 19 heteroatoms. The summed E-state index contributed by atoms with van der Waals surface area (Å²) in [5.41, 5.74) is 3.60. The van der Waals surface area contributed by atoms with Gasteiger partial charge in [-0.1, -0.05) is 36.7 Å². The summed E-state index contributed by atoms with van der Waals surface area (Å²) in [5, 5.41) is 20.8. The van der Waals surface area contributed by atoms with Gasteiger partial charge >= 0.3 is 18.1 Å². The lowest BCUT2D eigenvalue weighted by molar-refractivity contribution is -0.624. The van der Waals surface area contributed by atoms with Gasteiger partial charge in [0.2, 0.25) is 5.91 Å². The minimum atomic E-state index is -5.08. The van der Waals surface area contributed by atoms with Gasteiger partial charge in [0.1, 0.15) is 11.7 Å². The maximum absolute atomic E-state index is 14.7. The van der Waals surface area contributed by atoms with Crippen molar-refractivity contribution in [1.29, 1.82) is 0 Å². The summed E-state index contributed by atoms with van der Waals surface area (Å²) in [6.45, 7) is -0.378. The van der Waals surface area contributed by atoms with Crippen LogP contribution >= 0.6 is 11.6 Å². The first-order valence-electron chi connectivity index (χ1n) is 11.8. The molecule has 1 amide bonds. The van der Waals surface area contributed by atoms with E-state index in [1.54, 1.807) is 6.07 Å². The van der Waals surface area contributed by atoms with E-state index in [9.17, 15) is 45.2 Å². The van der Waals surface area contributed by atoms with Crippen molar-refractivity contribution < 1.29 is 49.8 Å². The molecule has 43 heavy (non-hydrogen) atoms. The average Bonchev–Trinajstić information content (AvgIpc) is 2.92. The van der Waals surface area contributed by atoms with E-state index in [0.29, 0.717) is 5.56 Å². The number of alkyl halides is 5. The number of pyridine rings is 1. The maximum atomic E-state index is 14.7. The Labute approximate surface area is 245 Å². The number of carboxylic acid groups (broad SMARTS) is 1. The quantitative estimate of drug-likeness (QED) is 0.167. The van der Waals surface area contributed by atoms with Crippen LogP contribution in [0.3, 0.4) is 0 Å². The van der Waals surface area contributed by atoms with Crippen molar-refractivity contribution in [2.45, 2.75) is 36.9 Å². The lowest BCUT2D eigenvalue weighted by Gasteiger charge is -2.18. The Kier molecular flexibility index (Phi) is 11.2. The molecular formula is C24H23ClF5N5O7S. The zero-order chi connectivity index (χ0) is 32.8. The third-order valence-corrected chi connectivity index (χ3v) is 7.70. The predicted molar refractivity (Wildman–Crippen MR) is 141 cm³/mol. The fraction of sp³-hybridized carbons (Fsp3) is 0.292. The minimum Gasteiger partial charge on any atom is -0.618 e. The zero-order valence-corrected chi connectivity index (χ0v) is 23.5. The van der Waals surface area contributed by atoms with Crippen LogP contribution in [0.15, 0.2) is 58.4 Å². The number of amides is 1. The van der Waals surface area contributed by atoms with Gasteiger partial charge in [0.25, 0.3) is 11.3 Å². The van der Waals surface area contributed by atoms with Gasteiger partial charge < -0.3 is 21.4 Å². The standard InChI is InChI=1S/C22H22ClF2N5O5S.C2HF3O2/c1-2-36(34,35)16-8-4-3-7-14(16)11-15-19(23)29(12-18(26)31)21(32)20(28-15)27-13-22(24,25)17-9-5-6-10-30(17)33;3-2(4,5)1(6)7/h3-10H,2,11-13H2,1H3,(H2,26,31)(H,27,28);(H,6,7). The number of halogens is 6. The molecule has 3 rings (SSSR count). The van der Waals surface area contributed by atoms with E-state index in [-0.39, 0.29) is 32.6 Å². The smallest absolute Gasteiger partial charge is 0.490 e. The van der Waals surface area contributed by atoms with Crippen molar-refractivity contribution in [2.75, 3.05) is 17.6 Å². The van der Waals surface area contributed by atoms with Crippen molar-refractivity contribution in [2.24, 2.45) is 5.73 Å². The highest BCUT2D eigenvalue weighted by Crippen LogP contribution is 2.27. The molecule has 3 aromatic rings. The van der Waals surface area contributed by atoms with Gasteiger partial charge in [-0.2, -0.15) is 26.7 Å². The monoisotopic (exact) mass is 655 g/mol. The molecule has 0 saturated heterocycles. The molecule has 12 nitrogen and oxygen atoms in total. The van der Waals surface area contributed by atoms with Crippen LogP contribution in [0.5, 0.6) is 0 Å². The molecule has 0 spiro atoms. The fourth-order valence-corrected chi connectivity index (χ4v) is 4.79. The number of primary amides is 1. The third kappa shape index (κ3) is 9.08. The SMILES string of the molecule is CCS(=O)(=O)c1ccccc1Cc1nc(NCC(F)(F)c2cccc[n+]2[O-])c(=O)n(CC(N)=O)c1Cl.O=C(O)C(F)(F)F. The molecule has 0 saturated carbocycles. The fourth-order valence-electron chi connectivity index (χ4n) is 3.41. The third-order valence-electron chi connectivity index (χ3n) is 5.45. The largest absolute Gasteiger partial charge is 0.618 e. The zero-order valence-electron chi connectivity index (χ0n) is 21.9. The van der Waals surface area contributed by atoms with Crippen molar-refractivity contribution in [3.63, 3.8) is 0 Å². The number of nitrogens with zero attached hydrogens (tertiary/aromatic N) is 3. The molecule has 0 aliphatic carbocycles. The number of carbonyl (C=O) groups is 2. The van der Waals surface area contributed by atoms with Gasteiger partial charge in [-0.15, -0.1) is 0 Å². The van der Waals surface area contributed by atoms with Gasteiger partial charge in [-0.25, -0.2) is 18.2 Å². The number of hydrogen-bond acceptors (Lipinski definition) is 8. The molecule has 1 aromatic carbocycles. The van der Waals surface area contributed by atoms with E-state index >= 15 is 0 Å². The Balaban J connectivity index is 0.000000821. The van der Waals surface area contributed by atoms with Crippen LogP contribution in [0.25, 0.3) is 0 Å². The number of sulfone groups is 1. The summed E-state index contributed by atoms with van der Waals surface area (Å²) in [4.78, 5) is 37.4. The summed E-state index contributed by atoms with van der Waals surface area (Å²) >= 11 is 6.31. The van der Waals surface area contributed by atoms with Gasteiger partial charge in [-0.05, 0) is 17.7 Å². The van der Waals surface area contributed by atoms with Crippen molar-refractivity contribution in [3.05, 3.63) is 86.3 Å². The highest BCUT2D eigenvalue weighted by atomic mass is 35.5. The molecule has 0 aliphatic heterocycles. The topological polar surface area (TPSA) is 188 Å². The maximum Gasteiger partial charge on any atom is 0.490 e. The van der Waals surface area contributed by atoms with Crippen LogP contribution in [0.1, 0.15) is 23.9 Å². The van der Waals surface area contributed by atoms with Crippen molar-refractivity contribution in [1.82, 2.24) is 9.55 Å². The summed E-state index contributed by atoms with van der Waals surface area (Å²) < 4.78 is 86.9. The average molecular weight is 656 g/mol. The molecule has 0 bridgehead atoms. The highest BCUT2D eigenvalue weighted by Gasteiger charge is 2.40. The number of anilines is 1. The van der Waals surface area contributed by atoms with Crippen molar-refractivity contribution in [3.8, 4) is 0 Å². The first kappa shape index (κ1) is 34.9. The van der Waals surface area contributed by atoms with Crippen LogP contribution in [0.2, 0.25) is 5.15 Å². The Morgan fingerprint density at radius 1 is 1.14 bits per heavy atom. The molecule has 4 N–H and O–H groups in total. The number of aliphatic carboxylic acids is 1. The lowest BCUT2D eigenvalue weighted by atomic mass is 10.1. The normalized spacial score (nSPS) is 11.8. The Bertz CT molecular complexity index is 1670. The minimum absolute atomic E-state index is 0.00112. The summed E-state index contributed by atoms with van der Waals surface area (Å²) in [5.74, 6) is -8.15.